The molecule has 0 saturated heterocycles. The van der Waals surface area contributed by atoms with Gasteiger partial charge in [0.15, 0.2) is 0 Å². The molecule has 0 radical (unpaired) electrons. The number of fused-ring (bicyclic) bond motifs is 1. The van der Waals surface area contributed by atoms with E-state index in [1.165, 1.54) is 0 Å². The number of H-pyrrole nitrogens is 1. The first-order valence-corrected chi connectivity index (χ1v) is 12.6. The van der Waals surface area contributed by atoms with Crippen molar-refractivity contribution >= 4 is 34.6 Å². The standard InChI is InChI=1S/C25H39N7O5/c26-11-5-3-8-18(28)23(34)32-20(10-4-6-12-27)24(35)30-15-22(33)31-21(25(36)37)13-16-14-29-19-9-2-1-7-17(16)19/h1-2,7,9,14,18,20-21,29H,3-6,8,10-13,15,26-28H2,(H,30,35)(H,31,33)(H,32,34)(H,36,37). The van der Waals surface area contributed by atoms with Gasteiger partial charge in [0, 0.05) is 23.5 Å². The second kappa shape index (κ2) is 15.6. The van der Waals surface area contributed by atoms with Crippen LogP contribution in [0.1, 0.15) is 44.1 Å². The summed E-state index contributed by atoms with van der Waals surface area (Å²) in [5, 5.41) is 18.1. The lowest BCUT2D eigenvalue weighted by Crippen LogP contribution is -2.53. The van der Waals surface area contributed by atoms with Gasteiger partial charge in [-0.25, -0.2) is 4.79 Å². The van der Waals surface area contributed by atoms with E-state index in [0.29, 0.717) is 45.2 Å². The molecule has 0 saturated carbocycles. The first-order chi connectivity index (χ1) is 17.8. The number of unbranched alkanes of at least 4 members (excludes halogenated alkanes) is 2. The number of carbonyl (C=O) groups is 4. The number of hydrogen-bond donors (Lipinski definition) is 8. The monoisotopic (exact) mass is 517 g/mol. The fraction of sp³-hybridized carbons (Fsp3) is 0.520. The highest BCUT2D eigenvalue weighted by Crippen LogP contribution is 2.19. The number of aliphatic carboxylic acids is 1. The van der Waals surface area contributed by atoms with E-state index < -0.39 is 48.4 Å². The van der Waals surface area contributed by atoms with Gasteiger partial charge in [-0.3, -0.25) is 14.4 Å². The number of carboxylic acids is 1. The summed E-state index contributed by atoms with van der Waals surface area (Å²) < 4.78 is 0. The largest absolute Gasteiger partial charge is 0.480 e. The van der Waals surface area contributed by atoms with Crippen LogP contribution in [0.5, 0.6) is 0 Å². The quantitative estimate of drug-likeness (QED) is 0.127. The number of para-hydroxylation sites is 1. The van der Waals surface area contributed by atoms with Crippen LogP contribution in [0.2, 0.25) is 0 Å². The molecule has 2 aromatic rings. The Kier molecular flexibility index (Phi) is 12.5. The maximum atomic E-state index is 12.8. The normalized spacial score (nSPS) is 13.5. The van der Waals surface area contributed by atoms with E-state index in [1.807, 2.05) is 24.3 Å². The lowest BCUT2D eigenvalue weighted by molar-refractivity contribution is -0.141. The Hall–Kier alpha value is -3.48. The first-order valence-electron chi connectivity index (χ1n) is 12.6. The summed E-state index contributed by atoms with van der Waals surface area (Å²) in [5.74, 6) is -2.87. The fourth-order valence-electron chi connectivity index (χ4n) is 3.94. The molecule has 0 spiro atoms. The number of aromatic amines is 1. The summed E-state index contributed by atoms with van der Waals surface area (Å²) >= 11 is 0. The highest BCUT2D eigenvalue weighted by molar-refractivity contribution is 5.92. The summed E-state index contributed by atoms with van der Waals surface area (Å²) in [6.45, 7) is 0.504. The molecule has 3 amide bonds. The van der Waals surface area contributed by atoms with E-state index in [2.05, 4.69) is 20.9 Å². The molecule has 11 N–H and O–H groups in total. The molecule has 1 aromatic heterocycles. The zero-order chi connectivity index (χ0) is 27.2. The molecular weight excluding hydrogens is 478 g/mol. The van der Waals surface area contributed by atoms with Gasteiger partial charge in [0.25, 0.3) is 0 Å². The molecule has 1 heterocycles. The van der Waals surface area contributed by atoms with E-state index in [-0.39, 0.29) is 6.42 Å². The molecule has 12 heteroatoms. The van der Waals surface area contributed by atoms with Gasteiger partial charge in [-0.1, -0.05) is 24.6 Å². The molecule has 37 heavy (non-hydrogen) atoms. The third-order valence-corrected chi connectivity index (χ3v) is 6.04. The first kappa shape index (κ1) is 29.7. The third-order valence-electron chi connectivity index (χ3n) is 6.04. The maximum Gasteiger partial charge on any atom is 0.326 e. The summed E-state index contributed by atoms with van der Waals surface area (Å²) in [4.78, 5) is 52.6. The van der Waals surface area contributed by atoms with Crippen molar-refractivity contribution in [3.05, 3.63) is 36.0 Å². The average Bonchev–Trinajstić information content (AvgIpc) is 3.29. The lowest BCUT2D eigenvalue weighted by Gasteiger charge is -2.21. The Bertz CT molecular complexity index is 1040. The van der Waals surface area contributed by atoms with Crippen LogP contribution in [0.25, 0.3) is 10.9 Å². The van der Waals surface area contributed by atoms with Crippen LogP contribution in [-0.2, 0) is 25.6 Å². The van der Waals surface area contributed by atoms with Crippen molar-refractivity contribution in [3.63, 3.8) is 0 Å². The van der Waals surface area contributed by atoms with Gasteiger partial charge in [-0.05, 0) is 56.8 Å². The number of amides is 3. The van der Waals surface area contributed by atoms with Crippen LogP contribution in [0, 0.1) is 0 Å². The van der Waals surface area contributed by atoms with Gasteiger partial charge in [0.1, 0.15) is 12.1 Å². The highest BCUT2D eigenvalue weighted by atomic mass is 16.4. The summed E-state index contributed by atoms with van der Waals surface area (Å²) in [7, 11) is 0. The molecule has 0 aliphatic heterocycles. The number of carbonyl (C=O) groups excluding carboxylic acids is 3. The highest BCUT2D eigenvalue weighted by Gasteiger charge is 2.25. The Labute approximate surface area is 216 Å². The molecule has 3 unspecified atom stereocenters. The van der Waals surface area contributed by atoms with Crippen LogP contribution in [0.15, 0.2) is 30.5 Å². The van der Waals surface area contributed by atoms with Crippen molar-refractivity contribution in [2.45, 2.75) is 63.1 Å². The average molecular weight is 518 g/mol. The maximum absolute atomic E-state index is 12.8. The van der Waals surface area contributed by atoms with E-state index in [0.717, 1.165) is 22.9 Å². The SMILES string of the molecule is NCCCCC(N)C(=O)NC(CCCCN)C(=O)NCC(=O)NC(Cc1c[nH]c2ccccc12)C(=O)O. The molecule has 2 rings (SSSR count). The molecule has 0 aliphatic carbocycles. The minimum absolute atomic E-state index is 0.0683. The summed E-state index contributed by atoms with van der Waals surface area (Å²) in [6, 6.07) is 4.59. The van der Waals surface area contributed by atoms with Crippen molar-refractivity contribution in [1.82, 2.24) is 20.9 Å². The van der Waals surface area contributed by atoms with Crippen LogP contribution in [-0.4, -0.2) is 71.5 Å². The summed E-state index contributed by atoms with van der Waals surface area (Å²) in [6.07, 6.45) is 5.24. The molecule has 204 valence electrons. The van der Waals surface area contributed by atoms with Gasteiger partial charge in [-0.2, -0.15) is 0 Å². The summed E-state index contributed by atoms with van der Waals surface area (Å²) in [5.41, 5.74) is 18.5. The molecule has 12 nitrogen and oxygen atoms in total. The topological polar surface area (TPSA) is 218 Å². The second-order valence-corrected chi connectivity index (χ2v) is 8.98. The Balaban J connectivity index is 1.93. The molecule has 3 atom stereocenters. The Morgan fingerprint density at radius 2 is 1.57 bits per heavy atom. The zero-order valence-corrected chi connectivity index (χ0v) is 21.0. The predicted molar refractivity (Wildman–Crippen MR) is 140 cm³/mol. The van der Waals surface area contributed by atoms with Crippen LogP contribution in [0.3, 0.4) is 0 Å². The van der Waals surface area contributed by atoms with Crippen LogP contribution >= 0.6 is 0 Å². The van der Waals surface area contributed by atoms with Crippen molar-refractivity contribution in [2.75, 3.05) is 19.6 Å². The number of benzene rings is 1. The zero-order valence-electron chi connectivity index (χ0n) is 21.0. The predicted octanol–water partition coefficient (Wildman–Crippen LogP) is -0.534. The van der Waals surface area contributed by atoms with Crippen molar-refractivity contribution < 1.29 is 24.3 Å². The molecule has 0 bridgehead atoms. The number of nitrogens with two attached hydrogens (primary N) is 3. The minimum Gasteiger partial charge on any atom is -0.480 e. The second-order valence-electron chi connectivity index (χ2n) is 8.98. The third kappa shape index (κ3) is 9.83. The van der Waals surface area contributed by atoms with Crippen molar-refractivity contribution in [2.24, 2.45) is 17.2 Å². The number of hydrogen-bond acceptors (Lipinski definition) is 7. The van der Waals surface area contributed by atoms with Crippen molar-refractivity contribution in [3.8, 4) is 0 Å². The number of carboxylic acid groups (broad SMARTS) is 1. The molecular formula is C25H39N7O5. The Morgan fingerprint density at radius 1 is 0.892 bits per heavy atom. The van der Waals surface area contributed by atoms with Gasteiger partial charge < -0.3 is 43.2 Å². The van der Waals surface area contributed by atoms with E-state index >= 15 is 0 Å². The van der Waals surface area contributed by atoms with E-state index in [4.69, 9.17) is 17.2 Å². The Morgan fingerprint density at radius 3 is 2.24 bits per heavy atom. The number of nitrogens with one attached hydrogen (secondary N) is 4. The van der Waals surface area contributed by atoms with E-state index in [9.17, 15) is 24.3 Å². The molecule has 0 aliphatic rings. The van der Waals surface area contributed by atoms with Gasteiger partial charge >= 0.3 is 5.97 Å². The smallest absolute Gasteiger partial charge is 0.326 e. The molecule has 0 fully saturated rings. The van der Waals surface area contributed by atoms with E-state index in [1.54, 1.807) is 6.20 Å². The van der Waals surface area contributed by atoms with Crippen LogP contribution < -0.4 is 33.2 Å². The van der Waals surface area contributed by atoms with Crippen LogP contribution in [0.4, 0.5) is 0 Å². The molecule has 1 aromatic carbocycles. The fourth-order valence-corrected chi connectivity index (χ4v) is 3.94. The van der Waals surface area contributed by atoms with Gasteiger partial charge in [-0.15, -0.1) is 0 Å². The number of aromatic nitrogens is 1. The number of rotatable bonds is 17. The van der Waals surface area contributed by atoms with Crippen molar-refractivity contribution in [1.29, 1.82) is 0 Å². The lowest BCUT2D eigenvalue weighted by atomic mass is 10.0. The van der Waals surface area contributed by atoms with Gasteiger partial charge in [0.2, 0.25) is 17.7 Å². The minimum atomic E-state index is -1.19. The van der Waals surface area contributed by atoms with Gasteiger partial charge in [0.05, 0.1) is 12.6 Å².